The van der Waals surface area contributed by atoms with Crippen molar-refractivity contribution in [3.8, 4) is 6.07 Å². The summed E-state index contributed by atoms with van der Waals surface area (Å²) >= 11 is 0. The van der Waals surface area contributed by atoms with Gasteiger partial charge in [-0.05, 0) is 42.2 Å². The number of benzene rings is 2. The minimum Gasteiger partial charge on any atom is -0.326 e. The number of nitrogens with zero attached hydrogens (tertiary/aromatic N) is 3. The summed E-state index contributed by atoms with van der Waals surface area (Å²) in [6.07, 6.45) is 2.77. The molecule has 0 N–H and O–H groups in total. The lowest BCUT2D eigenvalue weighted by Crippen LogP contribution is -2.65. The molecule has 2 heterocycles. The van der Waals surface area contributed by atoms with Gasteiger partial charge in [-0.3, -0.25) is 9.59 Å². The summed E-state index contributed by atoms with van der Waals surface area (Å²) in [4.78, 5) is 29.9. The van der Waals surface area contributed by atoms with Crippen LogP contribution in [0.5, 0.6) is 0 Å². The topological polar surface area (TPSA) is 64.4 Å². The molecule has 1 unspecified atom stereocenters. The van der Waals surface area contributed by atoms with Gasteiger partial charge in [0.2, 0.25) is 0 Å². The molecule has 5 nitrogen and oxygen atoms in total. The maximum Gasteiger partial charge on any atom is 0.271 e. The van der Waals surface area contributed by atoms with Crippen molar-refractivity contribution in [2.24, 2.45) is 0 Å². The second-order valence-corrected chi connectivity index (χ2v) is 7.53. The van der Waals surface area contributed by atoms with Gasteiger partial charge >= 0.3 is 0 Å². The van der Waals surface area contributed by atoms with Crippen LogP contribution in [0.25, 0.3) is 6.08 Å². The number of nitriles is 1. The first-order valence-corrected chi connectivity index (χ1v) is 9.33. The van der Waals surface area contributed by atoms with Gasteiger partial charge in [-0.2, -0.15) is 5.26 Å². The van der Waals surface area contributed by atoms with Crippen molar-refractivity contribution in [2.45, 2.75) is 25.3 Å². The van der Waals surface area contributed by atoms with Crippen LogP contribution in [0.4, 0.5) is 0 Å². The number of likely N-dealkylation sites (N-methyl/N-ethyl adjacent to an activating group) is 1. The average Bonchev–Trinajstić information content (AvgIpc) is 2.91. The number of carbonyl (C=O) groups excluding carboxylic acids is 2. The first-order chi connectivity index (χ1) is 13.5. The Balaban J connectivity index is 1.78. The zero-order valence-corrected chi connectivity index (χ0v) is 16.0. The lowest BCUT2D eigenvalue weighted by atomic mass is 9.86. The van der Waals surface area contributed by atoms with Crippen LogP contribution in [0, 0.1) is 11.3 Å². The number of amides is 2. The monoisotopic (exact) mass is 371 g/mol. The van der Waals surface area contributed by atoms with Gasteiger partial charge in [0.05, 0.1) is 11.6 Å². The molecule has 1 saturated heterocycles. The van der Waals surface area contributed by atoms with Gasteiger partial charge in [0.25, 0.3) is 11.8 Å². The summed E-state index contributed by atoms with van der Waals surface area (Å²) in [5, 5.41) is 9.44. The first kappa shape index (κ1) is 18.0. The SMILES string of the molecule is CN1C(=O)C2=Cc3c(C#N)cccc3CCN2C(=O)C1(C)Cc1ccccc1. The van der Waals surface area contributed by atoms with E-state index in [0.717, 1.165) is 16.7 Å². The smallest absolute Gasteiger partial charge is 0.271 e. The van der Waals surface area contributed by atoms with Gasteiger partial charge in [-0.1, -0.05) is 42.5 Å². The van der Waals surface area contributed by atoms with Crippen molar-refractivity contribution in [3.63, 3.8) is 0 Å². The summed E-state index contributed by atoms with van der Waals surface area (Å²) in [6, 6.07) is 17.5. The van der Waals surface area contributed by atoms with E-state index in [1.807, 2.05) is 49.4 Å². The second-order valence-electron chi connectivity index (χ2n) is 7.53. The molecule has 1 fully saturated rings. The van der Waals surface area contributed by atoms with Crippen LogP contribution in [-0.2, 0) is 22.4 Å². The Bertz CT molecular complexity index is 1040. The Labute approximate surface area is 164 Å². The van der Waals surface area contributed by atoms with Gasteiger partial charge in [0.15, 0.2) is 0 Å². The molecule has 0 saturated carbocycles. The molecule has 2 amide bonds. The molecule has 0 bridgehead atoms. The van der Waals surface area contributed by atoms with E-state index in [9.17, 15) is 14.9 Å². The number of piperazine rings is 1. The van der Waals surface area contributed by atoms with E-state index in [1.54, 1.807) is 29.0 Å². The van der Waals surface area contributed by atoms with Gasteiger partial charge in [-0.25, -0.2) is 0 Å². The molecule has 2 aromatic carbocycles. The maximum absolute atomic E-state index is 13.5. The average molecular weight is 371 g/mol. The third-order valence-electron chi connectivity index (χ3n) is 5.85. The summed E-state index contributed by atoms with van der Waals surface area (Å²) in [5.41, 5.74) is 2.64. The highest BCUT2D eigenvalue weighted by molar-refractivity contribution is 6.09. The van der Waals surface area contributed by atoms with Crippen LogP contribution in [0.3, 0.4) is 0 Å². The van der Waals surface area contributed by atoms with Crippen molar-refractivity contribution in [2.75, 3.05) is 13.6 Å². The van der Waals surface area contributed by atoms with Crippen molar-refractivity contribution >= 4 is 17.9 Å². The Hall–Kier alpha value is -3.39. The zero-order valence-electron chi connectivity index (χ0n) is 16.0. The number of carbonyl (C=O) groups is 2. The minimum atomic E-state index is -0.954. The summed E-state index contributed by atoms with van der Waals surface area (Å²) < 4.78 is 0. The number of hydrogen-bond donors (Lipinski definition) is 0. The normalized spacial score (nSPS) is 21.4. The van der Waals surface area contributed by atoms with Crippen LogP contribution in [0.2, 0.25) is 0 Å². The fourth-order valence-electron chi connectivity index (χ4n) is 4.07. The third-order valence-corrected chi connectivity index (χ3v) is 5.85. The molecule has 4 rings (SSSR count). The van der Waals surface area contributed by atoms with Gasteiger partial charge in [0, 0.05) is 20.0 Å². The Kier molecular flexibility index (Phi) is 4.27. The van der Waals surface area contributed by atoms with Crippen LogP contribution in [-0.4, -0.2) is 40.7 Å². The van der Waals surface area contributed by atoms with E-state index >= 15 is 0 Å². The largest absolute Gasteiger partial charge is 0.326 e. The molecule has 0 radical (unpaired) electrons. The minimum absolute atomic E-state index is 0.0870. The van der Waals surface area contributed by atoms with Crippen molar-refractivity contribution in [3.05, 3.63) is 76.5 Å². The standard InChI is InChI=1S/C23H21N3O2/c1-23(14-16-7-4-3-5-8-16)22(28)26-12-11-17-9-6-10-18(15-24)19(17)13-20(26)21(27)25(23)2/h3-10,13H,11-12,14H2,1-2H3. The fourth-order valence-corrected chi connectivity index (χ4v) is 4.07. The molecule has 2 aliphatic heterocycles. The highest BCUT2D eigenvalue weighted by Gasteiger charge is 2.50. The molecular formula is C23H21N3O2. The van der Waals surface area contributed by atoms with E-state index < -0.39 is 5.54 Å². The van der Waals surface area contributed by atoms with E-state index in [2.05, 4.69) is 6.07 Å². The third kappa shape index (κ3) is 2.69. The predicted molar refractivity (Wildman–Crippen MR) is 106 cm³/mol. The van der Waals surface area contributed by atoms with Gasteiger partial charge in [-0.15, -0.1) is 0 Å². The van der Waals surface area contributed by atoms with Crippen LogP contribution < -0.4 is 0 Å². The maximum atomic E-state index is 13.5. The van der Waals surface area contributed by atoms with Crippen molar-refractivity contribution in [1.29, 1.82) is 5.26 Å². The van der Waals surface area contributed by atoms with Crippen molar-refractivity contribution < 1.29 is 9.59 Å². The van der Waals surface area contributed by atoms with Crippen molar-refractivity contribution in [1.82, 2.24) is 9.80 Å². The molecule has 1 atom stereocenters. The molecule has 28 heavy (non-hydrogen) atoms. The number of fused-ring (bicyclic) bond motifs is 2. The van der Waals surface area contributed by atoms with E-state index in [-0.39, 0.29) is 11.8 Å². The lowest BCUT2D eigenvalue weighted by Gasteiger charge is -2.46. The summed E-state index contributed by atoms with van der Waals surface area (Å²) in [7, 11) is 1.68. The lowest BCUT2D eigenvalue weighted by molar-refractivity contribution is -0.156. The Morgan fingerprint density at radius 2 is 1.86 bits per heavy atom. The van der Waals surface area contributed by atoms with E-state index in [4.69, 9.17) is 0 Å². The van der Waals surface area contributed by atoms with Crippen LogP contribution in [0.1, 0.15) is 29.2 Å². The summed E-state index contributed by atoms with van der Waals surface area (Å²) in [6.45, 7) is 2.26. The quantitative estimate of drug-likeness (QED) is 0.815. The van der Waals surface area contributed by atoms with E-state index in [1.165, 1.54) is 0 Å². The molecule has 0 spiro atoms. The predicted octanol–water partition coefficient (Wildman–Crippen LogP) is 2.76. The molecule has 0 aliphatic carbocycles. The molecule has 0 aromatic heterocycles. The highest BCUT2D eigenvalue weighted by atomic mass is 16.2. The molecule has 5 heteroatoms. The number of hydrogen-bond acceptors (Lipinski definition) is 3. The first-order valence-electron chi connectivity index (χ1n) is 9.33. The number of rotatable bonds is 2. The summed E-state index contributed by atoms with van der Waals surface area (Å²) in [5.74, 6) is -0.283. The molecule has 2 aliphatic rings. The van der Waals surface area contributed by atoms with E-state index in [0.29, 0.717) is 30.6 Å². The van der Waals surface area contributed by atoms with Gasteiger partial charge in [0.1, 0.15) is 11.2 Å². The Morgan fingerprint density at radius 1 is 1.11 bits per heavy atom. The molecule has 140 valence electrons. The molecule has 2 aromatic rings. The Morgan fingerprint density at radius 3 is 2.57 bits per heavy atom. The molecular weight excluding hydrogens is 350 g/mol. The van der Waals surface area contributed by atoms with Crippen LogP contribution in [0.15, 0.2) is 54.2 Å². The van der Waals surface area contributed by atoms with Crippen LogP contribution >= 0.6 is 0 Å². The zero-order chi connectivity index (χ0) is 19.9. The fraction of sp³-hybridized carbons (Fsp3) is 0.261. The second kappa shape index (κ2) is 6.65. The highest BCUT2D eigenvalue weighted by Crippen LogP contribution is 2.34. The van der Waals surface area contributed by atoms with Gasteiger partial charge < -0.3 is 9.80 Å².